The molecule has 3 aliphatic carbocycles. The van der Waals surface area contributed by atoms with Crippen molar-refractivity contribution < 1.29 is 67.1 Å². The molecule has 2 saturated carbocycles. The monoisotopic (exact) mass is 893 g/mol. The third-order valence-electron chi connectivity index (χ3n) is 14.1. The molecule has 0 radical (unpaired) electrons. The van der Waals surface area contributed by atoms with Gasteiger partial charge in [0.2, 0.25) is 0 Å². The standard InChI is InChI=1S/C50H55NO14/c1-27-35(63-45(57)28(2)39(32-18-12-9-13-19-32)51-44(56)33-20-14-10-15-21-33)25-50(59)43(64-46(58)34-22-16-11-17-23-34)41-48(8,42(55)40(62-30(4)53)38(27)47(50,6)7)36(61-29(3)52)24-37-49(41,26-60-37)65-31(5)54/h9-23,28,35-37,39-41,43,59H,24-26H2,1-8H3,(H,51,56)/t28-,35+,36?,37-,39-,40-,41?,43?,48-,49+,50-/m1/s1. The molecule has 15 heteroatoms. The number of nitrogens with one attached hydrogen (secondary N) is 1. The summed E-state index contributed by atoms with van der Waals surface area (Å²) >= 11 is 0. The summed E-state index contributed by atoms with van der Waals surface area (Å²) in [4.78, 5) is 97.8. The van der Waals surface area contributed by atoms with Crippen LogP contribution in [-0.2, 0) is 52.4 Å². The first kappa shape index (κ1) is 46.8. The van der Waals surface area contributed by atoms with Gasteiger partial charge in [-0.2, -0.15) is 0 Å². The van der Waals surface area contributed by atoms with Crippen LogP contribution in [0, 0.1) is 22.7 Å². The second kappa shape index (κ2) is 17.7. The second-order valence-electron chi connectivity index (χ2n) is 18.3. The van der Waals surface area contributed by atoms with Crippen LogP contribution >= 0.6 is 0 Å². The number of esters is 5. The molecule has 3 aromatic carbocycles. The lowest BCUT2D eigenvalue weighted by Crippen LogP contribution is -2.82. The van der Waals surface area contributed by atoms with Crippen LogP contribution in [-0.4, -0.2) is 95.0 Å². The lowest BCUT2D eigenvalue weighted by molar-refractivity contribution is -0.346. The van der Waals surface area contributed by atoms with E-state index in [-0.39, 0.29) is 29.7 Å². The van der Waals surface area contributed by atoms with Crippen LogP contribution in [0.5, 0.6) is 0 Å². The van der Waals surface area contributed by atoms with Gasteiger partial charge in [-0.25, -0.2) is 4.79 Å². The lowest BCUT2D eigenvalue weighted by Gasteiger charge is -2.67. The molecule has 7 rings (SSSR count). The molecule has 3 fully saturated rings. The van der Waals surface area contributed by atoms with Gasteiger partial charge in [0.05, 0.1) is 35.5 Å². The number of hydrogen-bond acceptors (Lipinski definition) is 14. The van der Waals surface area contributed by atoms with Gasteiger partial charge in [0.15, 0.2) is 17.5 Å². The molecule has 65 heavy (non-hydrogen) atoms. The predicted octanol–water partition coefficient (Wildman–Crippen LogP) is 5.58. The molecule has 3 aromatic rings. The number of carbonyl (C=O) groups is 7. The van der Waals surface area contributed by atoms with E-state index in [0.717, 1.165) is 13.8 Å². The van der Waals surface area contributed by atoms with E-state index in [4.69, 9.17) is 28.4 Å². The molecule has 1 saturated heterocycles. The van der Waals surface area contributed by atoms with E-state index in [0.29, 0.717) is 11.1 Å². The summed E-state index contributed by atoms with van der Waals surface area (Å²) in [6, 6.07) is 24.4. The number of ether oxygens (including phenoxy) is 6. The van der Waals surface area contributed by atoms with Crippen molar-refractivity contribution in [2.75, 3.05) is 6.61 Å². The Morgan fingerprint density at radius 1 is 0.769 bits per heavy atom. The summed E-state index contributed by atoms with van der Waals surface area (Å²) in [6.45, 7) is 11.0. The molecule has 2 N–H and O–H groups in total. The van der Waals surface area contributed by atoms with E-state index in [1.807, 2.05) is 0 Å². The van der Waals surface area contributed by atoms with E-state index in [1.165, 1.54) is 26.0 Å². The fraction of sp³-hybridized carbons (Fsp3) is 0.460. The van der Waals surface area contributed by atoms with Crippen LogP contribution in [0.4, 0.5) is 0 Å². The van der Waals surface area contributed by atoms with Crippen molar-refractivity contribution in [2.24, 2.45) is 22.7 Å². The quantitative estimate of drug-likeness (QED) is 0.137. The number of hydrogen-bond donors (Lipinski definition) is 2. The fourth-order valence-corrected chi connectivity index (χ4v) is 10.7. The maximum Gasteiger partial charge on any atom is 0.338 e. The maximum atomic E-state index is 15.9. The summed E-state index contributed by atoms with van der Waals surface area (Å²) < 4.78 is 37.0. The SMILES string of the molecule is CC(=O)OC1C[C@H]2OC[C@@]2(OC(C)=O)C2C(OC(=O)c3ccccc3)[C@]3(O)C[C@H](OC(=O)[C@H](C)[C@@H](NC(=O)c4ccccc4)c4ccccc4)C(C)=C([C@@H](OC(C)=O)C(=O)[C@]12C)C3(C)C. The smallest absolute Gasteiger partial charge is 0.338 e. The fourth-order valence-electron chi connectivity index (χ4n) is 10.7. The highest BCUT2D eigenvalue weighted by Gasteiger charge is 2.79. The van der Waals surface area contributed by atoms with E-state index in [9.17, 15) is 33.9 Å². The molecule has 15 nitrogen and oxygen atoms in total. The van der Waals surface area contributed by atoms with Crippen molar-refractivity contribution in [3.05, 3.63) is 119 Å². The summed E-state index contributed by atoms with van der Waals surface area (Å²) in [5, 5.41) is 16.9. The van der Waals surface area contributed by atoms with E-state index in [1.54, 1.807) is 107 Å². The Labute approximate surface area is 377 Å². The Morgan fingerprint density at radius 2 is 1.34 bits per heavy atom. The van der Waals surface area contributed by atoms with Crippen molar-refractivity contribution in [3.8, 4) is 0 Å². The first-order valence-electron chi connectivity index (χ1n) is 21.7. The van der Waals surface area contributed by atoms with E-state index < -0.39 is 118 Å². The van der Waals surface area contributed by atoms with Crippen LogP contribution in [0.25, 0.3) is 0 Å². The van der Waals surface area contributed by atoms with E-state index >= 15 is 4.79 Å². The highest BCUT2D eigenvalue weighted by atomic mass is 16.6. The zero-order valence-corrected chi connectivity index (χ0v) is 37.7. The van der Waals surface area contributed by atoms with Crippen molar-refractivity contribution in [2.45, 2.75) is 116 Å². The average molecular weight is 894 g/mol. The highest BCUT2D eigenvalue weighted by Crippen LogP contribution is 2.65. The topological polar surface area (TPSA) is 207 Å². The van der Waals surface area contributed by atoms with Crippen LogP contribution in [0.2, 0.25) is 0 Å². The molecular weight excluding hydrogens is 839 g/mol. The van der Waals surface area contributed by atoms with Crippen LogP contribution in [0.1, 0.15) is 101 Å². The minimum atomic E-state index is -2.35. The number of amides is 1. The summed E-state index contributed by atoms with van der Waals surface area (Å²) in [6.07, 6.45) is -7.93. The van der Waals surface area contributed by atoms with Gasteiger partial charge in [-0.05, 0) is 61.7 Å². The number of aliphatic hydroxyl groups is 1. The number of fused-ring (bicyclic) bond motifs is 5. The number of Topliss-reactive ketones (excluding diaryl/α,β-unsaturated/α-hetero) is 1. The molecular formula is C50H55NO14. The zero-order chi connectivity index (χ0) is 47.2. The van der Waals surface area contributed by atoms with Gasteiger partial charge in [-0.15, -0.1) is 0 Å². The lowest BCUT2D eigenvalue weighted by atomic mass is 9.44. The molecule has 1 amide bonds. The molecule has 0 aromatic heterocycles. The van der Waals surface area contributed by atoms with Gasteiger partial charge >= 0.3 is 29.8 Å². The second-order valence-corrected chi connectivity index (χ2v) is 18.3. The number of carbonyl (C=O) groups excluding carboxylic acids is 7. The van der Waals surface area contributed by atoms with Gasteiger partial charge in [0.1, 0.15) is 30.0 Å². The Kier molecular flexibility index (Phi) is 12.7. The third kappa shape index (κ3) is 8.13. The molecule has 1 heterocycles. The summed E-state index contributed by atoms with van der Waals surface area (Å²) in [5.41, 5.74) is -6.41. The number of rotatable bonds is 11. The largest absolute Gasteiger partial charge is 0.461 e. The third-order valence-corrected chi connectivity index (χ3v) is 14.1. The minimum Gasteiger partial charge on any atom is -0.461 e. The predicted molar refractivity (Wildman–Crippen MR) is 230 cm³/mol. The molecule has 1 aliphatic heterocycles. The maximum absolute atomic E-state index is 15.9. The van der Waals surface area contributed by atoms with Crippen molar-refractivity contribution in [1.29, 1.82) is 0 Å². The molecule has 2 bridgehead atoms. The summed E-state index contributed by atoms with van der Waals surface area (Å²) in [5.74, 6) is -7.97. The zero-order valence-electron chi connectivity index (χ0n) is 37.7. The van der Waals surface area contributed by atoms with Gasteiger partial charge in [-0.1, -0.05) is 80.6 Å². The average Bonchev–Trinajstić information content (AvgIpc) is 3.26. The Hall–Kier alpha value is -6.19. The van der Waals surface area contributed by atoms with Crippen LogP contribution in [0.3, 0.4) is 0 Å². The molecule has 4 aliphatic rings. The minimum absolute atomic E-state index is 0.0597. The summed E-state index contributed by atoms with van der Waals surface area (Å²) in [7, 11) is 0. The Balaban J connectivity index is 1.42. The normalized spacial score (nSPS) is 30.8. The van der Waals surface area contributed by atoms with Crippen molar-refractivity contribution >= 4 is 41.5 Å². The Morgan fingerprint density at radius 3 is 1.88 bits per heavy atom. The van der Waals surface area contributed by atoms with Crippen molar-refractivity contribution in [1.82, 2.24) is 5.32 Å². The number of ketones is 1. The molecule has 11 atom stereocenters. The van der Waals surface area contributed by atoms with Crippen LogP contribution < -0.4 is 5.32 Å². The van der Waals surface area contributed by atoms with Gasteiger partial charge < -0.3 is 38.8 Å². The van der Waals surface area contributed by atoms with Crippen molar-refractivity contribution in [3.63, 3.8) is 0 Å². The molecule has 3 unspecified atom stereocenters. The molecule has 0 spiro atoms. The van der Waals surface area contributed by atoms with E-state index in [2.05, 4.69) is 5.32 Å². The van der Waals surface area contributed by atoms with Gasteiger partial charge in [-0.3, -0.25) is 28.8 Å². The van der Waals surface area contributed by atoms with Gasteiger partial charge in [0, 0.05) is 44.6 Å². The highest BCUT2D eigenvalue weighted by molar-refractivity contribution is 5.96. The molecule has 344 valence electrons. The van der Waals surface area contributed by atoms with Gasteiger partial charge in [0.25, 0.3) is 5.91 Å². The first-order chi connectivity index (χ1) is 30.7. The van der Waals surface area contributed by atoms with Crippen LogP contribution in [0.15, 0.2) is 102 Å². The number of benzene rings is 3. The Bertz CT molecular complexity index is 2400. The first-order valence-corrected chi connectivity index (χ1v) is 21.7.